The van der Waals surface area contributed by atoms with Crippen molar-refractivity contribution < 1.29 is 9.32 Å². The van der Waals surface area contributed by atoms with Crippen molar-refractivity contribution in [2.45, 2.75) is 19.8 Å². The lowest BCUT2D eigenvalue weighted by molar-refractivity contribution is 0.221. The summed E-state index contributed by atoms with van der Waals surface area (Å²) in [6, 6.07) is 7.46. The number of anilines is 1. The molecule has 0 radical (unpaired) electrons. The Morgan fingerprint density at radius 2 is 2.00 bits per heavy atom. The Morgan fingerprint density at radius 3 is 2.64 bits per heavy atom. The van der Waals surface area contributed by atoms with Crippen molar-refractivity contribution in [3.63, 3.8) is 0 Å². The SMILES string of the molecule is Cc1noc(-c2ccccc2NC(=O)N2C[C@H]3CC[C@H]3C2)n1. The normalized spacial score (nSPS) is 23.0. The highest BCUT2D eigenvalue weighted by Crippen LogP contribution is 2.40. The van der Waals surface area contributed by atoms with Crippen LogP contribution in [0.1, 0.15) is 18.7 Å². The van der Waals surface area contributed by atoms with E-state index in [0.717, 1.165) is 18.7 Å². The van der Waals surface area contributed by atoms with Gasteiger partial charge in [0.2, 0.25) is 0 Å². The second-order valence-corrected chi connectivity index (χ2v) is 6.12. The maximum Gasteiger partial charge on any atom is 0.321 e. The van der Waals surface area contributed by atoms with Crippen LogP contribution >= 0.6 is 0 Å². The number of hydrogen-bond donors (Lipinski definition) is 1. The number of likely N-dealkylation sites (tertiary alicyclic amines) is 1. The molecule has 1 aromatic heterocycles. The molecule has 1 aliphatic heterocycles. The number of benzene rings is 1. The summed E-state index contributed by atoms with van der Waals surface area (Å²) in [6.45, 7) is 3.52. The average molecular weight is 298 g/mol. The number of amides is 2. The molecular weight excluding hydrogens is 280 g/mol. The second kappa shape index (κ2) is 5.12. The first-order valence-corrected chi connectivity index (χ1v) is 7.66. The number of urea groups is 1. The molecule has 114 valence electrons. The van der Waals surface area contributed by atoms with Crippen LogP contribution < -0.4 is 5.32 Å². The first-order valence-electron chi connectivity index (χ1n) is 7.66. The zero-order valence-electron chi connectivity index (χ0n) is 12.5. The van der Waals surface area contributed by atoms with Gasteiger partial charge in [0.05, 0.1) is 11.3 Å². The number of carbonyl (C=O) groups excluding carboxylic acids is 1. The summed E-state index contributed by atoms with van der Waals surface area (Å²) >= 11 is 0. The molecule has 6 heteroatoms. The molecule has 1 saturated heterocycles. The Morgan fingerprint density at radius 1 is 1.27 bits per heavy atom. The molecule has 0 spiro atoms. The third kappa shape index (κ3) is 2.24. The Kier molecular flexibility index (Phi) is 3.10. The van der Waals surface area contributed by atoms with Crippen LogP contribution in [0.3, 0.4) is 0 Å². The van der Waals surface area contributed by atoms with Gasteiger partial charge < -0.3 is 14.7 Å². The number of nitrogens with one attached hydrogen (secondary N) is 1. The Bertz CT molecular complexity index is 700. The van der Waals surface area contributed by atoms with E-state index in [1.54, 1.807) is 6.92 Å². The van der Waals surface area contributed by atoms with Crippen LogP contribution in [-0.4, -0.2) is 34.2 Å². The number of aromatic nitrogens is 2. The summed E-state index contributed by atoms with van der Waals surface area (Å²) in [6.07, 6.45) is 2.51. The van der Waals surface area contributed by atoms with E-state index in [2.05, 4.69) is 15.5 Å². The third-order valence-corrected chi connectivity index (χ3v) is 4.70. The zero-order chi connectivity index (χ0) is 15.1. The van der Waals surface area contributed by atoms with Gasteiger partial charge in [0.25, 0.3) is 5.89 Å². The van der Waals surface area contributed by atoms with E-state index in [4.69, 9.17) is 4.52 Å². The number of para-hydroxylation sites is 1. The Hall–Kier alpha value is -2.37. The third-order valence-electron chi connectivity index (χ3n) is 4.70. The minimum Gasteiger partial charge on any atom is -0.334 e. The number of carbonyl (C=O) groups is 1. The fraction of sp³-hybridized carbons (Fsp3) is 0.438. The predicted molar refractivity (Wildman–Crippen MR) is 81.3 cm³/mol. The van der Waals surface area contributed by atoms with Crippen LogP contribution in [-0.2, 0) is 0 Å². The van der Waals surface area contributed by atoms with E-state index >= 15 is 0 Å². The van der Waals surface area contributed by atoms with Crippen LogP contribution in [0.15, 0.2) is 28.8 Å². The lowest BCUT2D eigenvalue weighted by Crippen LogP contribution is -2.33. The monoisotopic (exact) mass is 298 g/mol. The Labute approximate surface area is 128 Å². The molecule has 4 rings (SSSR count). The second-order valence-electron chi connectivity index (χ2n) is 6.12. The van der Waals surface area contributed by atoms with Gasteiger partial charge in [0, 0.05) is 13.1 Å². The number of nitrogens with zero attached hydrogens (tertiary/aromatic N) is 3. The van der Waals surface area contributed by atoms with E-state index in [9.17, 15) is 4.79 Å². The largest absolute Gasteiger partial charge is 0.334 e. The number of aryl methyl sites for hydroxylation is 1. The highest BCUT2D eigenvalue weighted by molar-refractivity contribution is 5.93. The minimum atomic E-state index is -0.0434. The summed E-state index contributed by atoms with van der Waals surface area (Å²) in [4.78, 5) is 18.6. The first kappa shape index (κ1) is 13.3. The van der Waals surface area contributed by atoms with Crippen LogP contribution in [0.4, 0.5) is 10.5 Å². The molecule has 2 heterocycles. The molecular formula is C16H18N4O2. The molecule has 22 heavy (non-hydrogen) atoms. The quantitative estimate of drug-likeness (QED) is 0.925. The lowest BCUT2D eigenvalue weighted by Gasteiger charge is -2.27. The topological polar surface area (TPSA) is 71.3 Å². The molecule has 2 amide bonds. The van der Waals surface area contributed by atoms with E-state index in [-0.39, 0.29) is 6.03 Å². The minimum absolute atomic E-state index is 0.0434. The van der Waals surface area contributed by atoms with Gasteiger partial charge in [-0.2, -0.15) is 4.98 Å². The van der Waals surface area contributed by atoms with Gasteiger partial charge >= 0.3 is 6.03 Å². The van der Waals surface area contributed by atoms with Gasteiger partial charge in [0.1, 0.15) is 0 Å². The molecule has 1 aliphatic carbocycles. The lowest BCUT2D eigenvalue weighted by atomic mass is 9.77. The summed E-state index contributed by atoms with van der Waals surface area (Å²) in [5.74, 6) is 2.42. The molecule has 0 bridgehead atoms. The molecule has 2 aliphatic rings. The highest BCUT2D eigenvalue weighted by Gasteiger charge is 2.41. The van der Waals surface area contributed by atoms with Crippen molar-refractivity contribution in [2.24, 2.45) is 11.8 Å². The Balaban J connectivity index is 1.54. The van der Waals surface area contributed by atoms with Gasteiger partial charge in [-0.15, -0.1) is 0 Å². The fourth-order valence-corrected chi connectivity index (χ4v) is 3.30. The van der Waals surface area contributed by atoms with Crippen molar-refractivity contribution in [3.8, 4) is 11.5 Å². The predicted octanol–water partition coefficient (Wildman–Crippen LogP) is 2.92. The zero-order valence-corrected chi connectivity index (χ0v) is 12.5. The van der Waals surface area contributed by atoms with E-state index < -0.39 is 0 Å². The van der Waals surface area contributed by atoms with Crippen LogP contribution in [0.25, 0.3) is 11.5 Å². The summed E-state index contributed by atoms with van der Waals surface area (Å²) in [5.41, 5.74) is 1.45. The molecule has 1 aromatic carbocycles. The van der Waals surface area contributed by atoms with Crippen molar-refractivity contribution in [3.05, 3.63) is 30.1 Å². The van der Waals surface area contributed by atoms with Gasteiger partial charge in [-0.25, -0.2) is 4.79 Å². The van der Waals surface area contributed by atoms with Crippen molar-refractivity contribution in [1.82, 2.24) is 15.0 Å². The summed E-state index contributed by atoms with van der Waals surface area (Å²) in [7, 11) is 0. The number of hydrogen-bond acceptors (Lipinski definition) is 4. The molecule has 6 nitrogen and oxygen atoms in total. The van der Waals surface area contributed by atoms with Crippen molar-refractivity contribution >= 4 is 11.7 Å². The average Bonchev–Trinajstić information content (AvgIpc) is 3.04. The molecule has 2 aromatic rings. The van der Waals surface area contributed by atoms with Crippen LogP contribution in [0.2, 0.25) is 0 Å². The number of fused-ring (bicyclic) bond motifs is 1. The van der Waals surface area contributed by atoms with Gasteiger partial charge in [-0.1, -0.05) is 17.3 Å². The van der Waals surface area contributed by atoms with E-state index in [1.807, 2.05) is 29.2 Å². The van der Waals surface area contributed by atoms with Gasteiger partial charge in [-0.05, 0) is 43.7 Å². The fourth-order valence-electron chi connectivity index (χ4n) is 3.30. The maximum absolute atomic E-state index is 12.5. The van der Waals surface area contributed by atoms with E-state index in [1.165, 1.54) is 12.8 Å². The molecule has 2 atom stereocenters. The highest BCUT2D eigenvalue weighted by atomic mass is 16.5. The van der Waals surface area contributed by atoms with Crippen molar-refractivity contribution in [2.75, 3.05) is 18.4 Å². The molecule has 1 saturated carbocycles. The maximum atomic E-state index is 12.5. The summed E-state index contributed by atoms with van der Waals surface area (Å²) < 4.78 is 5.22. The summed E-state index contributed by atoms with van der Waals surface area (Å²) in [5, 5.41) is 6.80. The van der Waals surface area contributed by atoms with Gasteiger partial charge in [0.15, 0.2) is 5.82 Å². The first-order chi connectivity index (χ1) is 10.7. The molecule has 2 fully saturated rings. The molecule has 0 unspecified atom stereocenters. The van der Waals surface area contributed by atoms with E-state index in [0.29, 0.717) is 29.2 Å². The number of rotatable bonds is 2. The van der Waals surface area contributed by atoms with Gasteiger partial charge in [-0.3, -0.25) is 0 Å². The standard InChI is InChI=1S/C16H18N4O2/c1-10-17-15(22-19-10)13-4-2-3-5-14(13)18-16(21)20-8-11-6-7-12(11)9-20/h2-5,11-12H,6-9H2,1H3,(H,18,21)/t11-,12+. The van der Waals surface area contributed by atoms with Crippen LogP contribution in [0.5, 0.6) is 0 Å². The molecule has 1 N–H and O–H groups in total. The smallest absolute Gasteiger partial charge is 0.321 e. The van der Waals surface area contributed by atoms with Crippen molar-refractivity contribution in [1.29, 1.82) is 0 Å². The van der Waals surface area contributed by atoms with Crippen LogP contribution in [0, 0.1) is 18.8 Å².